The number of aromatic nitrogens is 4. The van der Waals surface area contributed by atoms with Crippen LogP contribution in [0.3, 0.4) is 0 Å². The zero-order valence-electron chi connectivity index (χ0n) is 14.2. The van der Waals surface area contributed by atoms with E-state index in [0.717, 1.165) is 17.5 Å². The number of nitrogens with zero attached hydrogens (tertiary/aromatic N) is 4. The Morgan fingerprint density at radius 3 is 2.85 bits per heavy atom. The Labute approximate surface area is 149 Å². The van der Waals surface area contributed by atoms with Crippen LogP contribution in [0.1, 0.15) is 31.7 Å². The second-order valence-electron chi connectivity index (χ2n) is 6.34. The molecule has 0 radical (unpaired) electrons. The maximum absolute atomic E-state index is 12.4. The minimum absolute atomic E-state index is 0.177. The van der Waals surface area contributed by atoms with Gasteiger partial charge in [0, 0.05) is 12.1 Å². The second kappa shape index (κ2) is 6.99. The summed E-state index contributed by atoms with van der Waals surface area (Å²) in [4.78, 5) is 24.4. The van der Waals surface area contributed by atoms with Gasteiger partial charge in [0.15, 0.2) is 5.76 Å². The fraction of sp³-hybridized carbons (Fsp3) is 0.333. The lowest BCUT2D eigenvalue weighted by atomic mass is 10.2. The summed E-state index contributed by atoms with van der Waals surface area (Å²) in [6.07, 6.45) is 7.69. The molecule has 0 spiro atoms. The molecule has 8 nitrogen and oxygen atoms in total. The molecule has 0 unspecified atom stereocenters. The Morgan fingerprint density at radius 2 is 2.08 bits per heavy atom. The number of hydrogen-bond acceptors (Lipinski definition) is 5. The van der Waals surface area contributed by atoms with Crippen LogP contribution in [0.15, 0.2) is 52.0 Å². The van der Waals surface area contributed by atoms with E-state index in [4.69, 9.17) is 4.42 Å². The summed E-state index contributed by atoms with van der Waals surface area (Å²) in [5.74, 6) is 0.867. The predicted octanol–water partition coefficient (Wildman–Crippen LogP) is 2.45. The summed E-state index contributed by atoms with van der Waals surface area (Å²) in [7, 11) is 0. The average molecular weight is 353 g/mol. The minimum Gasteiger partial charge on any atom is -0.463 e. The second-order valence-corrected chi connectivity index (χ2v) is 6.34. The van der Waals surface area contributed by atoms with Gasteiger partial charge in [-0.05, 0) is 31.0 Å². The van der Waals surface area contributed by atoms with Gasteiger partial charge in [-0.15, -0.1) is 0 Å². The van der Waals surface area contributed by atoms with Crippen molar-refractivity contribution in [2.75, 3.05) is 5.32 Å². The molecule has 1 N–H and O–H groups in total. The molecule has 1 fully saturated rings. The third-order valence-electron chi connectivity index (χ3n) is 4.54. The molecule has 0 atom stereocenters. The summed E-state index contributed by atoms with van der Waals surface area (Å²) < 4.78 is 8.28. The van der Waals surface area contributed by atoms with Gasteiger partial charge >= 0.3 is 0 Å². The Balaban J connectivity index is 1.50. The molecule has 4 rings (SSSR count). The number of furan rings is 1. The van der Waals surface area contributed by atoms with E-state index in [1.165, 1.54) is 25.2 Å². The lowest BCUT2D eigenvalue weighted by molar-refractivity contribution is -0.117. The van der Waals surface area contributed by atoms with Crippen LogP contribution in [0.5, 0.6) is 0 Å². The molecular formula is C18H19N5O3. The van der Waals surface area contributed by atoms with Crippen LogP contribution >= 0.6 is 0 Å². The van der Waals surface area contributed by atoms with E-state index in [9.17, 15) is 9.59 Å². The molecule has 0 aliphatic heterocycles. The van der Waals surface area contributed by atoms with Crippen molar-refractivity contribution in [1.82, 2.24) is 19.6 Å². The van der Waals surface area contributed by atoms with Crippen molar-refractivity contribution in [3.05, 3.63) is 53.1 Å². The maximum Gasteiger partial charge on any atom is 0.267 e. The lowest BCUT2D eigenvalue weighted by Crippen LogP contribution is -2.30. The molecule has 3 heterocycles. The first kappa shape index (κ1) is 16.3. The summed E-state index contributed by atoms with van der Waals surface area (Å²) in [6.45, 7) is -0.177. The molecule has 26 heavy (non-hydrogen) atoms. The fourth-order valence-electron chi connectivity index (χ4n) is 3.29. The third kappa shape index (κ3) is 3.30. The average Bonchev–Trinajstić information content (AvgIpc) is 3.39. The van der Waals surface area contributed by atoms with Gasteiger partial charge in [0.05, 0.1) is 18.5 Å². The van der Waals surface area contributed by atoms with Crippen LogP contribution < -0.4 is 10.9 Å². The van der Waals surface area contributed by atoms with Gasteiger partial charge in [-0.1, -0.05) is 12.8 Å². The van der Waals surface area contributed by atoms with Gasteiger partial charge in [-0.2, -0.15) is 10.2 Å². The fourth-order valence-corrected chi connectivity index (χ4v) is 3.29. The molecule has 8 heteroatoms. The molecule has 1 saturated carbocycles. The van der Waals surface area contributed by atoms with E-state index in [1.54, 1.807) is 30.5 Å². The van der Waals surface area contributed by atoms with Crippen molar-refractivity contribution in [2.45, 2.75) is 38.3 Å². The van der Waals surface area contributed by atoms with Crippen molar-refractivity contribution >= 4 is 11.7 Å². The maximum atomic E-state index is 12.4. The molecule has 134 valence electrons. The number of nitrogens with one attached hydrogen (secondary N) is 1. The van der Waals surface area contributed by atoms with Crippen molar-refractivity contribution in [3.63, 3.8) is 0 Å². The highest BCUT2D eigenvalue weighted by Crippen LogP contribution is 2.31. The van der Waals surface area contributed by atoms with Crippen molar-refractivity contribution in [3.8, 4) is 11.5 Å². The molecule has 0 aromatic carbocycles. The molecule has 1 amide bonds. The van der Waals surface area contributed by atoms with Crippen LogP contribution in [0.4, 0.5) is 5.82 Å². The highest BCUT2D eigenvalue weighted by atomic mass is 16.3. The summed E-state index contributed by atoms with van der Waals surface area (Å²) >= 11 is 0. The minimum atomic E-state index is -0.347. The number of carbonyl (C=O) groups is 1. The van der Waals surface area contributed by atoms with Gasteiger partial charge in [0.1, 0.15) is 18.1 Å². The first-order valence-corrected chi connectivity index (χ1v) is 8.66. The number of hydrogen-bond donors (Lipinski definition) is 1. The van der Waals surface area contributed by atoms with Gasteiger partial charge in [0.2, 0.25) is 5.91 Å². The van der Waals surface area contributed by atoms with Crippen LogP contribution in [0.25, 0.3) is 11.5 Å². The Kier molecular flexibility index (Phi) is 4.39. The Morgan fingerprint density at radius 1 is 1.23 bits per heavy atom. The Hall–Kier alpha value is -3.16. The smallest absolute Gasteiger partial charge is 0.267 e. The molecular weight excluding hydrogens is 334 g/mol. The highest BCUT2D eigenvalue weighted by molar-refractivity contribution is 5.89. The van der Waals surface area contributed by atoms with Crippen molar-refractivity contribution in [1.29, 1.82) is 0 Å². The molecule has 3 aromatic rings. The van der Waals surface area contributed by atoms with Crippen molar-refractivity contribution < 1.29 is 9.21 Å². The zero-order chi connectivity index (χ0) is 17.9. The van der Waals surface area contributed by atoms with Gasteiger partial charge < -0.3 is 9.73 Å². The quantitative estimate of drug-likeness (QED) is 0.760. The molecule has 1 aliphatic carbocycles. The van der Waals surface area contributed by atoms with Gasteiger partial charge in [-0.25, -0.2) is 9.36 Å². The summed E-state index contributed by atoms with van der Waals surface area (Å²) in [5, 5.41) is 11.4. The van der Waals surface area contributed by atoms with Crippen LogP contribution in [0, 0.1) is 0 Å². The molecule has 1 aliphatic rings. The van der Waals surface area contributed by atoms with Crippen LogP contribution in [-0.2, 0) is 11.3 Å². The standard InChI is InChI=1S/C18H19N5O3/c24-17(20-16-9-10-19-23(16)13-4-1-2-5-13)12-22-18(25)8-7-14(21-22)15-6-3-11-26-15/h3,6-11,13H,1-2,4-5,12H2,(H,20,24). The summed E-state index contributed by atoms with van der Waals surface area (Å²) in [5.41, 5.74) is 0.151. The van der Waals surface area contributed by atoms with Crippen LogP contribution in [-0.4, -0.2) is 25.5 Å². The van der Waals surface area contributed by atoms with E-state index in [0.29, 0.717) is 23.3 Å². The molecule has 3 aromatic heterocycles. The number of anilines is 1. The van der Waals surface area contributed by atoms with Gasteiger partial charge in [-0.3, -0.25) is 9.59 Å². The monoisotopic (exact) mass is 353 g/mol. The highest BCUT2D eigenvalue weighted by Gasteiger charge is 2.20. The zero-order valence-corrected chi connectivity index (χ0v) is 14.2. The van der Waals surface area contributed by atoms with E-state index in [2.05, 4.69) is 15.5 Å². The van der Waals surface area contributed by atoms with E-state index >= 15 is 0 Å². The number of carbonyl (C=O) groups excluding carboxylic acids is 1. The molecule has 0 saturated heterocycles. The van der Waals surface area contributed by atoms with Gasteiger partial charge in [0.25, 0.3) is 5.56 Å². The van der Waals surface area contributed by atoms with E-state index < -0.39 is 0 Å². The molecule has 0 bridgehead atoms. The SMILES string of the molecule is O=C(Cn1nc(-c2ccco2)ccc1=O)Nc1ccnn1C1CCCC1. The first-order valence-electron chi connectivity index (χ1n) is 8.66. The lowest BCUT2D eigenvalue weighted by Gasteiger charge is -2.14. The van der Waals surface area contributed by atoms with Crippen LogP contribution in [0.2, 0.25) is 0 Å². The number of amides is 1. The number of rotatable bonds is 5. The normalized spacial score (nSPS) is 14.6. The third-order valence-corrected chi connectivity index (χ3v) is 4.54. The van der Waals surface area contributed by atoms with Crippen molar-refractivity contribution in [2.24, 2.45) is 0 Å². The van der Waals surface area contributed by atoms with E-state index in [1.807, 2.05) is 4.68 Å². The van der Waals surface area contributed by atoms with E-state index in [-0.39, 0.29) is 18.0 Å². The predicted molar refractivity (Wildman–Crippen MR) is 94.6 cm³/mol. The largest absolute Gasteiger partial charge is 0.463 e. The topological polar surface area (TPSA) is 94.9 Å². The summed E-state index contributed by atoms with van der Waals surface area (Å²) in [6, 6.07) is 8.53. The first-order chi connectivity index (χ1) is 12.7. The Bertz CT molecular complexity index is 951.